The van der Waals surface area contributed by atoms with Gasteiger partial charge in [-0.3, -0.25) is 9.78 Å². The summed E-state index contributed by atoms with van der Waals surface area (Å²) in [7, 11) is 0. The molecule has 2 aromatic carbocycles. The van der Waals surface area contributed by atoms with Gasteiger partial charge in [0.25, 0.3) is 5.56 Å². The zero-order valence-corrected chi connectivity index (χ0v) is 15.4. The summed E-state index contributed by atoms with van der Waals surface area (Å²) in [5.41, 5.74) is -2.75. The molecule has 0 saturated heterocycles. The second-order valence-electron chi connectivity index (χ2n) is 6.98. The summed E-state index contributed by atoms with van der Waals surface area (Å²) < 4.78 is 79.1. The highest BCUT2D eigenvalue weighted by Crippen LogP contribution is 2.42. The number of nitrogens with one attached hydrogen (secondary N) is 2. The summed E-state index contributed by atoms with van der Waals surface area (Å²) in [5, 5.41) is 0. The number of benzene rings is 2. The highest BCUT2D eigenvalue weighted by atomic mass is 19.4. The first kappa shape index (κ1) is 20.7. The van der Waals surface area contributed by atoms with Crippen molar-refractivity contribution in [2.45, 2.75) is 18.3 Å². The van der Waals surface area contributed by atoms with Crippen LogP contribution in [-0.4, -0.2) is 9.97 Å². The average molecular weight is 438 g/mol. The SMILES string of the molecule is O=c1[nH]cc(C2c3ccc(C(F)(F)F)cc3C=Cc3cc(C(F)(F)F)ccc32)c(=O)[nH]1. The number of rotatable bonds is 1. The lowest BCUT2D eigenvalue weighted by Crippen LogP contribution is -2.27. The summed E-state index contributed by atoms with van der Waals surface area (Å²) in [6, 6.07) is 5.79. The van der Waals surface area contributed by atoms with Crippen LogP contribution in [0, 0.1) is 0 Å². The molecule has 10 heteroatoms. The van der Waals surface area contributed by atoms with Crippen molar-refractivity contribution in [3.05, 3.63) is 102 Å². The number of alkyl halides is 6. The third-order valence-electron chi connectivity index (χ3n) is 5.05. The van der Waals surface area contributed by atoms with Crippen molar-refractivity contribution < 1.29 is 26.3 Å². The molecule has 0 bridgehead atoms. The van der Waals surface area contributed by atoms with Crippen LogP contribution >= 0.6 is 0 Å². The molecule has 0 atom stereocenters. The van der Waals surface area contributed by atoms with Crippen LogP contribution in [0.1, 0.15) is 44.9 Å². The maximum atomic E-state index is 13.2. The number of hydrogen-bond donors (Lipinski definition) is 2. The van der Waals surface area contributed by atoms with Gasteiger partial charge in [0.1, 0.15) is 0 Å². The number of hydrogen-bond acceptors (Lipinski definition) is 2. The minimum Gasteiger partial charge on any atom is -0.314 e. The van der Waals surface area contributed by atoms with Crippen molar-refractivity contribution >= 4 is 12.2 Å². The fourth-order valence-electron chi connectivity index (χ4n) is 3.63. The van der Waals surface area contributed by atoms with E-state index in [0.717, 1.165) is 30.5 Å². The number of aromatic amines is 2. The van der Waals surface area contributed by atoms with Crippen molar-refractivity contribution in [3.63, 3.8) is 0 Å². The van der Waals surface area contributed by atoms with Gasteiger partial charge in [0.2, 0.25) is 0 Å². The summed E-state index contributed by atoms with van der Waals surface area (Å²) in [6.45, 7) is 0. The molecule has 0 fully saturated rings. The molecule has 4 nitrogen and oxygen atoms in total. The average Bonchev–Trinajstić information content (AvgIpc) is 2.83. The van der Waals surface area contributed by atoms with Gasteiger partial charge in [-0.1, -0.05) is 24.3 Å². The Kier molecular flexibility index (Phi) is 4.68. The van der Waals surface area contributed by atoms with Crippen LogP contribution in [0.15, 0.2) is 52.2 Å². The molecule has 0 saturated carbocycles. The van der Waals surface area contributed by atoms with Crippen molar-refractivity contribution in [1.29, 1.82) is 0 Å². The third kappa shape index (κ3) is 3.80. The molecule has 31 heavy (non-hydrogen) atoms. The molecule has 4 rings (SSSR count). The predicted molar refractivity (Wildman–Crippen MR) is 100 cm³/mol. The van der Waals surface area contributed by atoms with Gasteiger partial charge in [0.15, 0.2) is 0 Å². The molecule has 0 amide bonds. The third-order valence-corrected chi connectivity index (χ3v) is 5.05. The molecular formula is C21H12F6N2O2. The summed E-state index contributed by atoms with van der Waals surface area (Å²) in [6.07, 6.45) is -5.58. The Morgan fingerprint density at radius 2 is 1.19 bits per heavy atom. The van der Waals surface area contributed by atoms with E-state index >= 15 is 0 Å². The molecule has 1 aliphatic rings. The fraction of sp³-hybridized carbons (Fsp3) is 0.143. The molecule has 3 aromatic rings. The maximum Gasteiger partial charge on any atom is 0.416 e. The van der Waals surface area contributed by atoms with Crippen molar-refractivity contribution in [3.8, 4) is 0 Å². The van der Waals surface area contributed by atoms with Gasteiger partial charge in [-0.25, -0.2) is 4.79 Å². The maximum absolute atomic E-state index is 13.2. The summed E-state index contributed by atoms with van der Waals surface area (Å²) >= 11 is 0. The summed E-state index contributed by atoms with van der Waals surface area (Å²) in [4.78, 5) is 28.2. The Morgan fingerprint density at radius 3 is 1.61 bits per heavy atom. The van der Waals surface area contributed by atoms with Crippen LogP contribution in [0.5, 0.6) is 0 Å². The van der Waals surface area contributed by atoms with Gasteiger partial charge in [0.05, 0.1) is 11.1 Å². The van der Waals surface area contributed by atoms with Crippen LogP contribution < -0.4 is 11.2 Å². The molecule has 0 aliphatic heterocycles. The predicted octanol–water partition coefficient (Wildman–Crippen LogP) is 4.76. The molecule has 1 aliphatic carbocycles. The first-order valence-electron chi connectivity index (χ1n) is 8.87. The molecule has 160 valence electrons. The Morgan fingerprint density at radius 1 is 0.710 bits per heavy atom. The van der Waals surface area contributed by atoms with E-state index in [0.29, 0.717) is 0 Å². The Hall–Kier alpha value is -3.56. The van der Waals surface area contributed by atoms with E-state index < -0.39 is 40.6 Å². The molecule has 0 radical (unpaired) electrons. The van der Waals surface area contributed by atoms with Crippen molar-refractivity contribution in [2.24, 2.45) is 0 Å². The normalized spacial score (nSPS) is 14.1. The summed E-state index contributed by atoms with van der Waals surface area (Å²) in [5.74, 6) is -1.01. The van der Waals surface area contributed by atoms with E-state index in [1.165, 1.54) is 24.3 Å². The molecule has 0 unspecified atom stereocenters. The highest BCUT2D eigenvalue weighted by Gasteiger charge is 2.35. The lowest BCUT2D eigenvalue weighted by Gasteiger charge is -2.21. The van der Waals surface area contributed by atoms with Gasteiger partial charge in [-0.05, 0) is 46.5 Å². The highest BCUT2D eigenvalue weighted by molar-refractivity contribution is 5.78. The number of fused-ring (bicyclic) bond motifs is 2. The molecular weight excluding hydrogens is 426 g/mol. The molecule has 1 heterocycles. The van der Waals surface area contributed by atoms with E-state index in [1.54, 1.807) is 0 Å². The smallest absolute Gasteiger partial charge is 0.314 e. The monoisotopic (exact) mass is 438 g/mol. The van der Waals surface area contributed by atoms with Crippen LogP contribution in [0.2, 0.25) is 0 Å². The van der Waals surface area contributed by atoms with Gasteiger partial charge < -0.3 is 4.98 Å². The van der Waals surface area contributed by atoms with E-state index in [4.69, 9.17) is 0 Å². The van der Waals surface area contributed by atoms with Crippen molar-refractivity contribution in [1.82, 2.24) is 9.97 Å². The minimum absolute atomic E-state index is 0.0229. The molecule has 1 aromatic heterocycles. The van der Waals surface area contributed by atoms with E-state index in [1.807, 2.05) is 4.98 Å². The first-order valence-corrected chi connectivity index (χ1v) is 8.87. The Labute approximate surface area is 169 Å². The van der Waals surface area contributed by atoms with Gasteiger partial charge >= 0.3 is 18.0 Å². The minimum atomic E-state index is -4.63. The Balaban J connectivity index is 2.02. The number of H-pyrrole nitrogens is 2. The van der Waals surface area contributed by atoms with Crippen LogP contribution in [0.25, 0.3) is 12.2 Å². The van der Waals surface area contributed by atoms with Gasteiger partial charge in [-0.2, -0.15) is 26.3 Å². The topological polar surface area (TPSA) is 65.7 Å². The van der Waals surface area contributed by atoms with Crippen molar-refractivity contribution in [2.75, 3.05) is 0 Å². The van der Waals surface area contributed by atoms with E-state index in [2.05, 4.69) is 4.98 Å². The number of halogens is 6. The zero-order chi connectivity index (χ0) is 22.6. The largest absolute Gasteiger partial charge is 0.416 e. The van der Waals surface area contributed by atoms with Crippen LogP contribution in [0.3, 0.4) is 0 Å². The molecule has 2 N–H and O–H groups in total. The van der Waals surface area contributed by atoms with Crippen LogP contribution in [-0.2, 0) is 12.4 Å². The second-order valence-corrected chi connectivity index (χ2v) is 6.98. The number of aromatic nitrogens is 2. The quantitative estimate of drug-likeness (QED) is 0.421. The first-order chi connectivity index (χ1) is 14.4. The van der Waals surface area contributed by atoms with E-state index in [9.17, 15) is 35.9 Å². The van der Waals surface area contributed by atoms with E-state index in [-0.39, 0.29) is 27.8 Å². The van der Waals surface area contributed by atoms with Crippen LogP contribution in [0.4, 0.5) is 26.3 Å². The second kappa shape index (κ2) is 7.00. The standard InChI is InChI=1S/C21H12F6N2O2/c22-20(23,24)12-3-5-14-10(7-12)1-2-11-8-13(21(25,26)27)4-6-15(11)17(14)16-9-28-19(31)29-18(16)30/h1-9,17H,(H2,28,29,30,31). The fourth-order valence-corrected chi connectivity index (χ4v) is 3.63. The Bertz CT molecular complexity index is 1250. The lowest BCUT2D eigenvalue weighted by atomic mass is 9.82. The lowest BCUT2D eigenvalue weighted by molar-refractivity contribution is -0.138. The van der Waals surface area contributed by atoms with Gasteiger partial charge in [0, 0.05) is 17.7 Å². The van der Waals surface area contributed by atoms with Gasteiger partial charge in [-0.15, -0.1) is 0 Å². The molecule has 0 spiro atoms. The zero-order valence-electron chi connectivity index (χ0n) is 15.4.